The molecule has 17 heavy (non-hydrogen) atoms. The van der Waals surface area contributed by atoms with Crippen LogP contribution in [0.3, 0.4) is 0 Å². The first-order valence-corrected chi connectivity index (χ1v) is 4.97. The molecule has 0 aliphatic carbocycles. The lowest BCUT2D eigenvalue weighted by Gasteiger charge is -2.16. The quantitative estimate of drug-likeness (QED) is 0.816. The fourth-order valence-corrected chi connectivity index (χ4v) is 1.13. The molecule has 1 atom stereocenters. The van der Waals surface area contributed by atoms with Crippen LogP contribution < -0.4 is 10.5 Å². The Kier molecular flexibility index (Phi) is 4.34. The third-order valence-corrected chi connectivity index (χ3v) is 2.13. The predicted octanol–water partition coefficient (Wildman–Crippen LogP) is 2.99. The molecule has 2 nitrogen and oxygen atoms in total. The zero-order valence-electron chi connectivity index (χ0n) is 9.17. The van der Waals surface area contributed by atoms with Crippen LogP contribution in [-0.4, -0.2) is 19.0 Å². The minimum absolute atomic E-state index is 0.0973. The maximum Gasteiger partial charge on any atom is 0.340 e. The molecule has 1 rings (SSSR count). The minimum Gasteiger partial charge on any atom is -0.487 e. The Morgan fingerprint density at radius 2 is 2.00 bits per heavy atom. The summed E-state index contributed by atoms with van der Waals surface area (Å²) in [5.74, 6) is -4.05. The van der Waals surface area contributed by atoms with E-state index in [1.165, 1.54) is 12.1 Å². The molecule has 1 aromatic rings. The molecular formula is C11H13F4NO. The van der Waals surface area contributed by atoms with Gasteiger partial charge in [0.15, 0.2) is 6.61 Å². The summed E-state index contributed by atoms with van der Waals surface area (Å²) in [7, 11) is 0. The van der Waals surface area contributed by atoms with Gasteiger partial charge in [-0.3, -0.25) is 0 Å². The van der Waals surface area contributed by atoms with E-state index in [1.54, 1.807) is 19.1 Å². The molecule has 0 bridgehead atoms. The molecule has 0 radical (unpaired) electrons. The molecular weight excluding hydrogens is 238 g/mol. The first kappa shape index (κ1) is 13.8. The molecule has 0 saturated heterocycles. The number of nitrogens with two attached hydrogens (primary N) is 1. The Morgan fingerprint density at radius 1 is 1.35 bits per heavy atom. The van der Waals surface area contributed by atoms with Crippen molar-refractivity contribution in [3.8, 4) is 5.75 Å². The average molecular weight is 251 g/mol. The Morgan fingerprint density at radius 3 is 2.53 bits per heavy atom. The highest BCUT2D eigenvalue weighted by Crippen LogP contribution is 2.25. The zero-order valence-corrected chi connectivity index (χ0v) is 9.17. The Balaban J connectivity index is 2.67. The third kappa shape index (κ3) is 3.89. The fraction of sp³-hybridized carbons (Fsp3) is 0.455. The Bertz CT molecular complexity index is 368. The highest BCUT2D eigenvalue weighted by Gasteiger charge is 2.41. The lowest BCUT2D eigenvalue weighted by Crippen LogP contribution is -2.33. The largest absolute Gasteiger partial charge is 0.487 e. The van der Waals surface area contributed by atoms with Crippen LogP contribution in [0.2, 0.25) is 0 Å². The van der Waals surface area contributed by atoms with Crippen LogP contribution in [0, 0.1) is 0 Å². The van der Waals surface area contributed by atoms with E-state index in [0.717, 1.165) is 0 Å². The van der Waals surface area contributed by atoms with E-state index in [0.29, 0.717) is 5.56 Å². The van der Waals surface area contributed by atoms with Gasteiger partial charge in [-0.05, 0) is 24.6 Å². The van der Waals surface area contributed by atoms with Crippen molar-refractivity contribution in [1.82, 2.24) is 0 Å². The maximum atomic E-state index is 12.6. The number of ether oxygens (including phenoxy) is 1. The van der Waals surface area contributed by atoms with Crippen molar-refractivity contribution in [2.75, 3.05) is 6.61 Å². The van der Waals surface area contributed by atoms with Crippen LogP contribution in [0.5, 0.6) is 5.75 Å². The van der Waals surface area contributed by atoms with Crippen molar-refractivity contribution in [2.24, 2.45) is 5.73 Å². The van der Waals surface area contributed by atoms with Crippen LogP contribution in [0.15, 0.2) is 24.3 Å². The van der Waals surface area contributed by atoms with Crippen LogP contribution in [0.4, 0.5) is 17.6 Å². The van der Waals surface area contributed by atoms with Gasteiger partial charge in [-0.15, -0.1) is 0 Å². The number of hydrogen-bond donors (Lipinski definition) is 1. The predicted molar refractivity (Wildman–Crippen MR) is 55.5 cm³/mol. The molecule has 96 valence electrons. The van der Waals surface area contributed by atoms with E-state index in [-0.39, 0.29) is 11.8 Å². The van der Waals surface area contributed by atoms with E-state index in [4.69, 9.17) is 5.73 Å². The third-order valence-electron chi connectivity index (χ3n) is 2.13. The average Bonchev–Trinajstić information content (AvgIpc) is 2.26. The zero-order chi connectivity index (χ0) is 13.1. The second-order valence-electron chi connectivity index (χ2n) is 3.71. The molecule has 0 amide bonds. The molecule has 0 saturated carbocycles. The van der Waals surface area contributed by atoms with Gasteiger partial charge in [0.1, 0.15) is 5.75 Å². The molecule has 0 aliphatic rings. The van der Waals surface area contributed by atoms with Crippen LogP contribution in [-0.2, 0) is 0 Å². The summed E-state index contributed by atoms with van der Waals surface area (Å²) in [5.41, 5.74) is 6.27. The van der Waals surface area contributed by atoms with Crippen molar-refractivity contribution in [2.45, 2.75) is 25.3 Å². The van der Waals surface area contributed by atoms with Gasteiger partial charge in [0.25, 0.3) is 0 Å². The number of rotatable bonds is 5. The summed E-state index contributed by atoms with van der Waals surface area (Å²) >= 11 is 0. The smallest absolute Gasteiger partial charge is 0.340 e. The molecule has 1 aromatic carbocycles. The van der Waals surface area contributed by atoms with E-state index in [2.05, 4.69) is 4.74 Å². The standard InChI is InChI=1S/C11H13F4NO/c1-7(16)8-3-2-4-9(5-8)17-6-11(14,15)10(12)13/h2-5,7,10H,6,16H2,1H3. The summed E-state index contributed by atoms with van der Waals surface area (Å²) in [6.07, 6.45) is -3.74. The Labute approximate surface area is 96.4 Å². The van der Waals surface area contributed by atoms with Crippen LogP contribution >= 0.6 is 0 Å². The van der Waals surface area contributed by atoms with Gasteiger partial charge >= 0.3 is 12.3 Å². The molecule has 0 aromatic heterocycles. The van der Waals surface area contributed by atoms with Gasteiger partial charge in [0.2, 0.25) is 0 Å². The summed E-state index contributed by atoms with van der Waals surface area (Å²) in [5, 5.41) is 0. The summed E-state index contributed by atoms with van der Waals surface area (Å²) < 4.78 is 53.6. The SMILES string of the molecule is CC(N)c1cccc(OCC(F)(F)C(F)F)c1. The minimum atomic E-state index is -4.15. The van der Waals surface area contributed by atoms with Crippen LogP contribution in [0.1, 0.15) is 18.5 Å². The van der Waals surface area contributed by atoms with Crippen molar-refractivity contribution in [3.63, 3.8) is 0 Å². The monoisotopic (exact) mass is 251 g/mol. The second kappa shape index (κ2) is 5.35. The summed E-state index contributed by atoms with van der Waals surface area (Å²) in [6, 6.07) is 5.84. The van der Waals surface area contributed by atoms with Gasteiger partial charge < -0.3 is 10.5 Å². The highest BCUT2D eigenvalue weighted by atomic mass is 19.3. The lowest BCUT2D eigenvalue weighted by atomic mass is 10.1. The number of alkyl halides is 4. The lowest BCUT2D eigenvalue weighted by molar-refractivity contribution is -0.148. The number of hydrogen-bond acceptors (Lipinski definition) is 2. The maximum absolute atomic E-state index is 12.6. The van der Waals surface area contributed by atoms with Gasteiger partial charge in [0, 0.05) is 6.04 Å². The molecule has 6 heteroatoms. The summed E-state index contributed by atoms with van der Waals surface area (Å²) in [4.78, 5) is 0. The van der Waals surface area contributed by atoms with Crippen molar-refractivity contribution in [3.05, 3.63) is 29.8 Å². The first-order chi connectivity index (χ1) is 7.83. The van der Waals surface area contributed by atoms with Crippen molar-refractivity contribution >= 4 is 0 Å². The van der Waals surface area contributed by atoms with E-state index >= 15 is 0 Å². The molecule has 1 unspecified atom stereocenters. The number of halogens is 4. The van der Waals surface area contributed by atoms with E-state index in [1.807, 2.05) is 0 Å². The van der Waals surface area contributed by atoms with Crippen molar-refractivity contribution in [1.29, 1.82) is 0 Å². The first-order valence-electron chi connectivity index (χ1n) is 4.97. The van der Waals surface area contributed by atoms with Gasteiger partial charge in [-0.25, -0.2) is 8.78 Å². The fourth-order valence-electron chi connectivity index (χ4n) is 1.13. The molecule has 2 N–H and O–H groups in total. The van der Waals surface area contributed by atoms with E-state index < -0.39 is 19.0 Å². The Hall–Kier alpha value is -1.30. The van der Waals surface area contributed by atoms with Crippen molar-refractivity contribution < 1.29 is 22.3 Å². The van der Waals surface area contributed by atoms with Crippen LogP contribution in [0.25, 0.3) is 0 Å². The molecule has 0 aliphatic heterocycles. The summed E-state index contributed by atoms with van der Waals surface area (Å²) in [6.45, 7) is 0.361. The molecule has 0 fully saturated rings. The molecule has 0 heterocycles. The van der Waals surface area contributed by atoms with Gasteiger partial charge in [-0.2, -0.15) is 8.78 Å². The van der Waals surface area contributed by atoms with Gasteiger partial charge in [-0.1, -0.05) is 12.1 Å². The second-order valence-corrected chi connectivity index (χ2v) is 3.71. The normalized spacial score (nSPS) is 13.8. The topological polar surface area (TPSA) is 35.2 Å². The van der Waals surface area contributed by atoms with Gasteiger partial charge in [0.05, 0.1) is 0 Å². The highest BCUT2D eigenvalue weighted by molar-refractivity contribution is 5.30. The number of benzene rings is 1. The molecule has 0 spiro atoms. The van der Waals surface area contributed by atoms with E-state index in [9.17, 15) is 17.6 Å².